The Balaban J connectivity index is 0.00000225. The van der Waals surface area contributed by atoms with Crippen molar-refractivity contribution < 1.29 is 14.6 Å². The number of ether oxygens (including phenoxy) is 1. The van der Waals surface area contributed by atoms with Gasteiger partial charge < -0.3 is 20.1 Å². The number of rotatable bonds is 4. The van der Waals surface area contributed by atoms with Gasteiger partial charge in [0.2, 0.25) is 5.91 Å². The molecule has 0 aromatic heterocycles. The number of halogens is 1. The van der Waals surface area contributed by atoms with Gasteiger partial charge >= 0.3 is 0 Å². The average Bonchev–Trinajstić information content (AvgIpc) is 2.26. The van der Waals surface area contributed by atoms with Crippen LogP contribution in [-0.4, -0.2) is 61.4 Å². The Morgan fingerprint density at radius 3 is 2.88 bits per heavy atom. The number of aliphatic hydroxyl groups is 1. The van der Waals surface area contributed by atoms with Crippen LogP contribution in [0.3, 0.4) is 0 Å². The summed E-state index contributed by atoms with van der Waals surface area (Å²) >= 11 is 0. The maximum Gasteiger partial charge on any atom is 0.241 e. The zero-order chi connectivity index (χ0) is 11.3. The molecule has 2 unspecified atom stereocenters. The molecule has 96 valence electrons. The third-order valence-corrected chi connectivity index (χ3v) is 2.48. The lowest BCUT2D eigenvalue weighted by Crippen LogP contribution is -2.51. The SMILES string of the molecule is CC(O)CCN(C)C(=O)C1COCCN1.Cl. The van der Waals surface area contributed by atoms with Crippen LogP contribution in [0, 0.1) is 0 Å². The molecule has 6 heteroatoms. The van der Waals surface area contributed by atoms with E-state index in [0.717, 1.165) is 6.54 Å². The first-order valence-electron chi connectivity index (χ1n) is 5.35. The Hall–Kier alpha value is -0.360. The fourth-order valence-electron chi connectivity index (χ4n) is 1.48. The summed E-state index contributed by atoms with van der Waals surface area (Å²) < 4.78 is 5.22. The normalized spacial score (nSPS) is 22.1. The Labute approximate surface area is 103 Å². The monoisotopic (exact) mass is 252 g/mol. The van der Waals surface area contributed by atoms with Crippen molar-refractivity contribution in [1.29, 1.82) is 0 Å². The van der Waals surface area contributed by atoms with Gasteiger partial charge in [0.1, 0.15) is 6.04 Å². The fourth-order valence-corrected chi connectivity index (χ4v) is 1.48. The van der Waals surface area contributed by atoms with Crippen LogP contribution in [0.1, 0.15) is 13.3 Å². The lowest BCUT2D eigenvalue weighted by atomic mass is 10.2. The van der Waals surface area contributed by atoms with E-state index in [9.17, 15) is 4.79 Å². The molecule has 0 aromatic carbocycles. The molecule has 2 atom stereocenters. The fraction of sp³-hybridized carbons (Fsp3) is 0.900. The molecule has 2 N–H and O–H groups in total. The molecular formula is C10H21ClN2O3. The molecule has 1 amide bonds. The van der Waals surface area contributed by atoms with Gasteiger partial charge in [0.25, 0.3) is 0 Å². The van der Waals surface area contributed by atoms with Gasteiger partial charge in [-0.15, -0.1) is 12.4 Å². The van der Waals surface area contributed by atoms with E-state index in [2.05, 4.69) is 5.32 Å². The Kier molecular flexibility index (Phi) is 7.66. The first-order valence-corrected chi connectivity index (χ1v) is 5.35. The van der Waals surface area contributed by atoms with Crippen molar-refractivity contribution in [3.05, 3.63) is 0 Å². The largest absolute Gasteiger partial charge is 0.393 e. The number of morpholine rings is 1. The van der Waals surface area contributed by atoms with Crippen molar-refractivity contribution in [1.82, 2.24) is 10.2 Å². The maximum absolute atomic E-state index is 11.8. The van der Waals surface area contributed by atoms with Crippen molar-refractivity contribution >= 4 is 18.3 Å². The minimum absolute atomic E-state index is 0. The summed E-state index contributed by atoms with van der Waals surface area (Å²) in [6, 6.07) is -0.224. The quantitative estimate of drug-likeness (QED) is 0.717. The van der Waals surface area contributed by atoms with Crippen LogP contribution in [-0.2, 0) is 9.53 Å². The third-order valence-electron chi connectivity index (χ3n) is 2.48. The standard InChI is InChI=1S/C10H20N2O3.ClH/c1-8(13)3-5-12(2)10(14)9-7-15-6-4-11-9;/h8-9,11,13H,3-7H2,1-2H3;1H. The lowest BCUT2D eigenvalue weighted by Gasteiger charge is -2.27. The number of likely N-dealkylation sites (N-methyl/N-ethyl adjacent to an activating group) is 1. The molecule has 1 aliphatic rings. The van der Waals surface area contributed by atoms with Gasteiger partial charge in [0.05, 0.1) is 19.3 Å². The maximum atomic E-state index is 11.8. The van der Waals surface area contributed by atoms with Gasteiger partial charge in [0.15, 0.2) is 0 Å². The lowest BCUT2D eigenvalue weighted by molar-refractivity contribution is -0.135. The summed E-state index contributed by atoms with van der Waals surface area (Å²) in [5.74, 6) is 0.0374. The highest BCUT2D eigenvalue weighted by molar-refractivity contribution is 5.85. The number of nitrogens with one attached hydrogen (secondary N) is 1. The smallest absolute Gasteiger partial charge is 0.241 e. The third kappa shape index (κ3) is 5.12. The molecule has 1 saturated heterocycles. The summed E-state index contributed by atoms with van der Waals surface area (Å²) in [4.78, 5) is 13.5. The van der Waals surface area contributed by atoms with E-state index in [0.29, 0.717) is 26.2 Å². The number of aliphatic hydroxyl groups excluding tert-OH is 1. The van der Waals surface area contributed by atoms with E-state index in [1.54, 1.807) is 18.9 Å². The van der Waals surface area contributed by atoms with Gasteiger partial charge in [-0.05, 0) is 13.3 Å². The molecule has 0 aromatic rings. The number of hydrogen-bond acceptors (Lipinski definition) is 4. The molecule has 0 aliphatic carbocycles. The molecule has 16 heavy (non-hydrogen) atoms. The highest BCUT2D eigenvalue weighted by Crippen LogP contribution is 2.00. The predicted molar refractivity (Wildman–Crippen MR) is 63.8 cm³/mol. The van der Waals surface area contributed by atoms with Gasteiger partial charge in [-0.3, -0.25) is 4.79 Å². The molecule has 0 radical (unpaired) electrons. The molecule has 1 aliphatic heterocycles. The molecule has 1 rings (SSSR count). The average molecular weight is 253 g/mol. The Bertz CT molecular complexity index is 208. The van der Waals surface area contributed by atoms with Crippen molar-refractivity contribution in [3.8, 4) is 0 Å². The van der Waals surface area contributed by atoms with Crippen LogP contribution >= 0.6 is 12.4 Å². The number of amides is 1. The predicted octanol–water partition coefficient (Wildman–Crippen LogP) is -0.374. The van der Waals surface area contributed by atoms with Crippen molar-refractivity contribution in [2.24, 2.45) is 0 Å². The first-order chi connectivity index (χ1) is 7.11. The highest BCUT2D eigenvalue weighted by atomic mass is 35.5. The van der Waals surface area contributed by atoms with Crippen LogP contribution in [0.4, 0.5) is 0 Å². The van der Waals surface area contributed by atoms with E-state index in [4.69, 9.17) is 9.84 Å². The van der Waals surface area contributed by atoms with Gasteiger partial charge in [-0.2, -0.15) is 0 Å². The van der Waals surface area contributed by atoms with E-state index < -0.39 is 0 Å². The minimum atomic E-state index is -0.365. The summed E-state index contributed by atoms with van der Waals surface area (Å²) in [5.41, 5.74) is 0. The van der Waals surface area contributed by atoms with E-state index >= 15 is 0 Å². The molecular weight excluding hydrogens is 232 g/mol. The second kappa shape index (κ2) is 7.84. The number of carbonyl (C=O) groups is 1. The zero-order valence-electron chi connectivity index (χ0n) is 9.81. The van der Waals surface area contributed by atoms with Crippen molar-refractivity contribution in [3.63, 3.8) is 0 Å². The summed E-state index contributed by atoms with van der Waals surface area (Å²) in [5, 5.41) is 12.2. The van der Waals surface area contributed by atoms with Gasteiger partial charge in [0, 0.05) is 20.1 Å². The zero-order valence-corrected chi connectivity index (χ0v) is 10.6. The first kappa shape index (κ1) is 15.6. The number of hydrogen-bond donors (Lipinski definition) is 2. The molecule has 1 fully saturated rings. The van der Waals surface area contributed by atoms with Crippen LogP contribution in [0.25, 0.3) is 0 Å². The Morgan fingerprint density at radius 2 is 2.38 bits per heavy atom. The second-order valence-electron chi connectivity index (χ2n) is 3.98. The van der Waals surface area contributed by atoms with E-state index in [1.807, 2.05) is 0 Å². The van der Waals surface area contributed by atoms with Crippen LogP contribution in [0.2, 0.25) is 0 Å². The summed E-state index contributed by atoms with van der Waals surface area (Å²) in [6.45, 7) is 4.13. The topological polar surface area (TPSA) is 61.8 Å². The van der Waals surface area contributed by atoms with Crippen molar-refractivity contribution in [2.45, 2.75) is 25.5 Å². The highest BCUT2D eigenvalue weighted by Gasteiger charge is 2.23. The van der Waals surface area contributed by atoms with Gasteiger partial charge in [-0.25, -0.2) is 0 Å². The van der Waals surface area contributed by atoms with E-state index in [1.165, 1.54) is 0 Å². The molecule has 0 saturated carbocycles. The second-order valence-corrected chi connectivity index (χ2v) is 3.98. The van der Waals surface area contributed by atoms with Crippen LogP contribution < -0.4 is 5.32 Å². The summed E-state index contributed by atoms with van der Waals surface area (Å²) in [7, 11) is 1.75. The molecule has 0 bridgehead atoms. The van der Waals surface area contributed by atoms with Gasteiger partial charge in [-0.1, -0.05) is 0 Å². The van der Waals surface area contributed by atoms with Crippen LogP contribution in [0.5, 0.6) is 0 Å². The van der Waals surface area contributed by atoms with Crippen LogP contribution in [0.15, 0.2) is 0 Å². The minimum Gasteiger partial charge on any atom is -0.393 e. The van der Waals surface area contributed by atoms with E-state index in [-0.39, 0.29) is 30.5 Å². The Morgan fingerprint density at radius 1 is 1.69 bits per heavy atom. The molecule has 1 heterocycles. The summed E-state index contributed by atoms with van der Waals surface area (Å²) in [6.07, 6.45) is 0.242. The number of nitrogens with zero attached hydrogens (tertiary/aromatic N) is 1. The molecule has 0 spiro atoms. The number of carbonyl (C=O) groups excluding carboxylic acids is 1. The van der Waals surface area contributed by atoms with Crippen molar-refractivity contribution in [2.75, 3.05) is 33.4 Å². The molecule has 5 nitrogen and oxygen atoms in total.